The van der Waals surface area contributed by atoms with Gasteiger partial charge in [0, 0.05) is 6.04 Å². The molecule has 0 fully saturated rings. The summed E-state index contributed by atoms with van der Waals surface area (Å²) in [6.07, 6.45) is -0.401. The molecule has 4 nitrogen and oxygen atoms in total. The number of hydrogen-bond acceptors (Lipinski definition) is 3. The second-order valence-electron chi connectivity index (χ2n) is 5.44. The van der Waals surface area contributed by atoms with Gasteiger partial charge in [-0.15, -0.1) is 0 Å². The molecule has 0 atom stereocenters. The Balaban J connectivity index is 2.89. The molecule has 1 rings (SSSR count). The molecular formula is C14H22N2O2. The topological polar surface area (TPSA) is 41.6 Å². The van der Waals surface area contributed by atoms with Crippen molar-refractivity contribution in [1.82, 2.24) is 5.43 Å². The summed E-state index contributed by atoms with van der Waals surface area (Å²) in [6.45, 7) is 9.50. The van der Waals surface area contributed by atoms with Crippen LogP contribution in [0.4, 0.5) is 10.5 Å². The van der Waals surface area contributed by atoms with E-state index < -0.39 is 11.7 Å². The van der Waals surface area contributed by atoms with E-state index in [2.05, 4.69) is 5.43 Å². The van der Waals surface area contributed by atoms with E-state index >= 15 is 0 Å². The molecule has 0 aromatic heterocycles. The third-order valence-electron chi connectivity index (χ3n) is 1.98. The maximum absolute atomic E-state index is 12.1. The normalized spacial score (nSPS) is 11.4. The molecular weight excluding hydrogens is 228 g/mol. The van der Waals surface area contributed by atoms with Gasteiger partial charge in [-0.25, -0.2) is 15.2 Å². The van der Waals surface area contributed by atoms with Crippen LogP contribution < -0.4 is 10.4 Å². The average Bonchev–Trinajstić information content (AvgIpc) is 2.24. The smallest absolute Gasteiger partial charge is 0.429 e. The lowest BCUT2D eigenvalue weighted by atomic mass is 10.2. The van der Waals surface area contributed by atoms with Crippen molar-refractivity contribution in [3.63, 3.8) is 0 Å². The standard InChI is InChI=1S/C14H22N2O2/c1-11(2)15-16(12-9-7-6-8-10-12)13(17)18-14(3,4)5/h6-11,15H,1-5H3. The van der Waals surface area contributed by atoms with Crippen molar-refractivity contribution < 1.29 is 9.53 Å². The van der Waals surface area contributed by atoms with Crippen LogP contribution in [-0.4, -0.2) is 17.7 Å². The number of nitrogens with zero attached hydrogens (tertiary/aromatic N) is 1. The zero-order chi connectivity index (χ0) is 13.8. The molecule has 0 aliphatic carbocycles. The van der Waals surface area contributed by atoms with Gasteiger partial charge in [0.15, 0.2) is 0 Å². The van der Waals surface area contributed by atoms with Crippen LogP contribution in [0.3, 0.4) is 0 Å². The Kier molecular flexibility index (Phi) is 4.73. The number of benzene rings is 1. The van der Waals surface area contributed by atoms with Crippen molar-refractivity contribution in [3.8, 4) is 0 Å². The highest BCUT2D eigenvalue weighted by atomic mass is 16.6. The molecule has 0 aliphatic heterocycles. The van der Waals surface area contributed by atoms with E-state index in [4.69, 9.17) is 4.74 Å². The van der Waals surface area contributed by atoms with E-state index in [1.807, 2.05) is 65.0 Å². The van der Waals surface area contributed by atoms with E-state index in [-0.39, 0.29) is 6.04 Å². The number of para-hydroxylation sites is 1. The molecule has 1 amide bonds. The minimum atomic E-state index is -0.511. The van der Waals surface area contributed by atoms with Gasteiger partial charge in [0.05, 0.1) is 5.69 Å². The van der Waals surface area contributed by atoms with Crippen molar-refractivity contribution in [2.24, 2.45) is 0 Å². The van der Waals surface area contributed by atoms with Gasteiger partial charge >= 0.3 is 6.09 Å². The Morgan fingerprint density at radius 2 is 1.78 bits per heavy atom. The summed E-state index contributed by atoms with van der Waals surface area (Å²) in [7, 11) is 0. The summed E-state index contributed by atoms with van der Waals surface area (Å²) in [6, 6.07) is 9.53. The number of nitrogens with one attached hydrogen (secondary N) is 1. The van der Waals surface area contributed by atoms with Crippen molar-refractivity contribution in [1.29, 1.82) is 0 Å². The lowest BCUT2D eigenvalue weighted by Crippen LogP contribution is -2.48. The maximum Gasteiger partial charge on any atom is 0.429 e. The van der Waals surface area contributed by atoms with Crippen LogP contribution in [0.15, 0.2) is 30.3 Å². The third kappa shape index (κ3) is 4.75. The lowest BCUT2D eigenvalue weighted by Gasteiger charge is -2.29. The maximum atomic E-state index is 12.1. The predicted octanol–water partition coefficient (Wildman–Crippen LogP) is 3.34. The molecule has 1 aromatic rings. The summed E-state index contributed by atoms with van der Waals surface area (Å²) < 4.78 is 5.38. The number of carbonyl (C=O) groups excluding carboxylic acids is 1. The number of hydrazine groups is 1. The highest BCUT2D eigenvalue weighted by Crippen LogP contribution is 2.16. The molecule has 1 aromatic carbocycles. The Morgan fingerprint density at radius 1 is 1.22 bits per heavy atom. The average molecular weight is 250 g/mol. The van der Waals surface area contributed by atoms with Gasteiger partial charge in [-0.2, -0.15) is 0 Å². The van der Waals surface area contributed by atoms with Crippen molar-refractivity contribution in [2.75, 3.05) is 5.01 Å². The van der Waals surface area contributed by atoms with E-state index in [0.29, 0.717) is 0 Å². The van der Waals surface area contributed by atoms with Gasteiger partial charge in [-0.1, -0.05) is 18.2 Å². The summed E-state index contributed by atoms with van der Waals surface area (Å²) in [4.78, 5) is 12.1. The van der Waals surface area contributed by atoms with Crippen LogP contribution in [0.2, 0.25) is 0 Å². The Labute approximate surface area is 109 Å². The van der Waals surface area contributed by atoms with Crippen molar-refractivity contribution in [2.45, 2.75) is 46.3 Å². The van der Waals surface area contributed by atoms with E-state index in [1.54, 1.807) is 0 Å². The van der Waals surface area contributed by atoms with E-state index in [0.717, 1.165) is 5.69 Å². The molecule has 0 saturated heterocycles. The summed E-state index contributed by atoms with van der Waals surface area (Å²) >= 11 is 0. The molecule has 4 heteroatoms. The number of ether oxygens (including phenoxy) is 1. The first-order valence-corrected chi connectivity index (χ1v) is 6.14. The van der Waals surface area contributed by atoms with Crippen molar-refractivity contribution in [3.05, 3.63) is 30.3 Å². The Hall–Kier alpha value is -1.55. The highest BCUT2D eigenvalue weighted by Gasteiger charge is 2.23. The molecule has 0 heterocycles. The number of amides is 1. The minimum Gasteiger partial charge on any atom is -0.442 e. The second kappa shape index (κ2) is 5.87. The summed E-state index contributed by atoms with van der Waals surface area (Å²) in [5.41, 5.74) is 3.33. The van der Waals surface area contributed by atoms with Gasteiger partial charge in [-0.05, 0) is 46.8 Å². The molecule has 0 bridgehead atoms. The van der Waals surface area contributed by atoms with Gasteiger partial charge in [0.25, 0.3) is 0 Å². The summed E-state index contributed by atoms with van der Waals surface area (Å²) in [5.74, 6) is 0. The number of rotatable bonds is 3. The molecule has 1 N–H and O–H groups in total. The van der Waals surface area contributed by atoms with Crippen LogP contribution in [0.5, 0.6) is 0 Å². The SMILES string of the molecule is CC(C)NN(C(=O)OC(C)(C)C)c1ccccc1. The first kappa shape index (κ1) is 14.5. The predicted molar refractivity (Wildman–Crippen MR) is 73.4 cm³/mol. The molecule has 0 spiro atoms. The number of anilines is 1. The lowest BCUT2D eigenvalue weighted by molar-refractivity contribution is 0.0556. The second-order valence-corrected chi connectivity index (χ2v) is 5.44. The van der Waals surface area contributed by atoms with Crippen LogP contribution in [0, 0.1) is 0 Å². The zero-order valence-electron chi connectivity index (χ0n) is 11.7. The quantitative estimate of drug-likeness (QED) is 0.836. The largest absolute Gasteiger partial charge is 0.442 e. The Bertz CT molecular complexity index is 383. The highest BCUT2D eigenvalue weighted by molar-refractivity contribution is 5.86. The van der Waals surface area contributed by atoms with Gasteiger partial charge in [-0.3, -0.25) is 0 Å². The van der Waals surface area contributed by atoms with Crippen LogP contribution in [0.25, 0.3) is 0 Å². The first-order valence-electron chi connectivity index (χ1n) is 6.14. The molecule has 0 aliphatic rings. The summed E-state index contributed by atoms with van der Waals surface area (Å²) in [5, 5.41) is 1.44. The minimum absolute atomic E-state index is 0.137. The Morgan fingerprint density at radius 3 is 2.22 bits per heavy atom. The molecule has 0 unspecified atom stereocenters. The van der Waals surface area contributed by atoms with Gasteiger partial charge in [0.1, 0.15) is 5.60 Å². The number of carbonyl (C=O) groups is 1. The monoisotopic (exact) mass is 250 g/mol. The molecule has 100 valence electrons. The van der Waals surface area contributed by atoms with Gasteiger partial charge in [0.2, 0.25) is 0 Å². The first-order chi connectivity index (χ1) is 8.29. The fourth-order valence-electron chi connectivity index (χ4n) is 1.38. The van der Waals surface area contributed by atoms with E-state index in [1.165, 1.54) is 5.01 Å². The van der Waals surface area contributed by atoms with Crippen LogP contribution in [0.1, 0.15) is 34.6 Å². The number of hydrogen-bond donors (Lipinski definition) is 1. The van der Waals surface area contributed by atoms with Gasteiger partial charge < -0.3 is 4.74 Å². The molecule has 0 saturated carbocycles. The van der Waals surface area contributed by atoms with Crippen LogP contribution >= 0.6 is 0 Å². The van der Waals surface area contributed by atoms with Crippen molar-refractivity contribution >= 4 is 11.8 Å². The van der Waals surface area contributed by atoms with E-state index in [9.17, 15) is 4.79 Å². The third-order valence-corrected chi connectivity index (χ3v) is 1.98. The molecule has 0 radical (unpaired) electrons. The fourth-order valence-corrected chi connectivity index (χ4v) is 1.38. The fraction of sp³-hybridized carbons (Fsp3) is 0.500. The zero-order valence-corrected chi connectivity index (χ0v) is 11.7. The van der Waals surface area contributed by atoms with Crippen LogP contribution in [-0.2, 0) is 4.74 Å². The molecule has 18 heavy (non-hydrogen) atoms.